The predicted molar refractivity (Wildman–Crippen MR) is 105 cm³/mol. The van der Waals surface area contributed by atoms with Crippen molar-refractivity contribution in [3.63, 3.8) is 0 Å². The van der Waals surface area contributed by atoms with Crippen LogP contribution in [0.15, 0.2) is 67.1 Å². The van der Waals surface area contributed by atoms with E-state index in [9.17, 15) is 5.11 Å². The molecule has 5 nitrogen and oxygen atoms in total. The van der Waals surface area contributed by atoms with Crippen molar-refractivity contribution in [3.8, 4) is 0 Å². The normalized spacial score (nSPS) is 17.1. The molecule has 0 spiro atoms. The van der Waals surface area contributed by atoms with Crippen LogP contribution in [0.1, 0.15) is 35.8 Å². The van der Waals surface area contributed by atoms with Gasteiger partial charge in [0.25, 0.3) is 0 Å². The third kappa shape index (κ3) is 4.62. The predicted octanol–water partition coefficient (Wildman–Crippen LogP) is 3.27. The number of benzene rings is 1. The zero-order chi connectivity index (χ0) is 18.5. The maximum atomic E-state index is 10.6. The monoisotopic (exact) mass is 362 g/mol. The molecule has 1 saturated heterocycles. The van der Waals surface area contributed by atoms with Gasteiger partial charge in [0, 0.05) is 25.1 Å². The Morgan fingerprint density at radius 2 is 1.78 bits per heavy atom. The maximum Gasteiger partial charge on any atom is 0.0988 e. The van der Waals surface area contributed by atoms with E-state index in [1.54, 1.807) is 6.20 Å². The van der Waals surface area contributed by atoms with Crippen molar-refractivity contribution in [2.75, 3.05) is 13.1 Å². The van der Waals surface area contributed by atoms with E-state index < -0.39 is 6.10 Å². The second-order valence-corrected chi connectivity index (χ2v) is 7.34. The van der Waals surface area contributed by atoms with Crippen molar-refractivity contribution in [1.82, 2.24) is 19.7 Å². The van der Waals surface area contributed by atoms with Crippen LogP contribution in [0.2, 0.25) is 0 Å². The van der Waals surface area contributed by atoms with Gasteiger partial charge in [-0.25, -0.2) is 0 Å². The zero-order valence-electron chi connectivity index (χ0n) is 15.5. The van der Waals surface area contributed by atoms with Gasteiger partial charge in [-0.05, 0) is 61.2 Å². The minimum absolute atomic E-state index is 0.294. The van der Waals surface area contributed by atoms with Crippen LogP contribution in [-0.2, 0) is 13.1 Å². The average Bonchev–Trinajstić information content (AvgIpc) is 3.22. The van der Waals surface area contributed by atoms with E-state index >= 15 is 0 Å². The fourth-order valence-corrected chi connectivity index (χ4v) is 3.88. The zero-order valence-corrected chi connectivity index (χ0v) is 15.5. The minimum Gasteiger partial charge on any atom is -0.387 e. The number of pyridine rings is 1. The second-order valence-electron chi connectivity index (χ2n) is 7.34. The molecule has 3 aromatic rings. The molecule has 0 bridgehead atoms. The van der Waals surface area contributed by atoms with Gasteiger partial charge in [0.05, 0.1) is 18.3 Å². The van der Waals surface area contributed by atoms with Gasteiger partial charge in [-0.15, -0.1) is 0 Å². The van der Waals surface area contributed by atoms with E-state index in [0.29, 0.717) is 5.92 Å². The number of hydrogen-bond donors (Lipinski definition) is 1. The lowest BCUT2D eigenvalue weighted by atomic mass is 9.89. The Hall–Kier alpha value is -2.50. The van der Waals surface area contributed by atoms with Crippen molar-refractivity contribution in [2.45, 2.75) is 32.0 Å². The first kappa shape index (κ1) is 17.9. The van der Waals surface area contributed by atoms with E-state index in [4.69, 9.17) is 0 Å². The summed E-state index contributed by atoms with van der Waals surface area (Å²) in [6.07, 6.45) is 7.11. The second kappa shape index (κ2) is 8.46. The molecule has 0 radical (unpaired) electrons. The van der Waals surface area contributed by atoms with Gasteiger partial charge in [0.2, 0.25) is 0 Å². The Morgan fingerprint density at radius 3 is 2.48 bits per heavy atom. The highest BCUT2D eigenvalue weighted by Gasteiger charge is 2.26. The molecule has 1 aromatic carbocycles. The molecule has 1 aliphatic rings. The lowest BCUT2D eigenvalue weighted by Crippen LogP contribution is -2.35. The summed E-state index contributed by atoms with van der Waals surface area (Å²) < 4.78 is 1.95. The van der Waals surface area contributed by atoms with E-state index in [1.807, 2.05) is 41.3 Å². The first-order chi connectivity index (χ1) is 13.3. The molecule has 0 saturated carbocycles. The number of rotatable bonds is 6. The highest BCUT2D eigenvalue weighted by molar-refractivity contribution is 5.23. The Labute approximate surface area is 160 Å². The molecule has 0 aliphatic carbocycles. The molecule has 140 valence electrons. The third-order valence-corrected chi connectivity index (χ3v) is 5.37. The Morgan fingerprint density at radius 1 is 0.963 bits per heavy atom. The van der Waals surface area contributed by atoms with Crippen LogP contribution in [0.5, 0.6) is 0 Å². The minimum atomic E-state index is -0.453. The molecule has 2 aromatic heterocycles. The molecule has 1 fully saturated rings. The van der Waals surface area contributed by atoms with Gasteiger partial charge in [0.1, 0.15) is 0 Å². The summed E-state index contributed by atoms with van der Waals surface area (Å²) in [7, 11) is 0. The summed E-state index contributed by atoms with van der Waals surface area (Å²) in [6.45, 7) is 3.79. The highest BCUT2D eigenvalue weighted by Crippen LogP contribution is 2.30. The molecular weight excluding hydrogens is 336 g/mol. The Bertz CT molecular complexity index is 827. The quantitative estimate of drug-likeness (QED) is 0.731. The van der Waals surface area contributed by atoms with Crippen molar-refractivity contribution in [3.05, 3.63) is 83.9 Å². The topological polar surface area (TPSA) is 54.2 Å². The van der Waals surface area contributed by atoms with Gasteiger partial charge < -0.3 is 5.11 Å². The fourth-order valence-electron chi connectivity index (χ4n) is 3.88. The molecule has 1 atom stereocenters. The molecule has 4 rings (SSSR count). The van der Waals surface area contributed by atoms with Crippen LogP contribution < -0.4 is 0 Å². The smallest absolute Gasteiger partial charge is 0.0988 e. The molecule has 27 heavy (non-hydrogen) atoms. The van der Waals surface area contributed by atoms with Crippen LogP contribution in [0.3, 0.4) is 0 Å². The maximum absolute atomic E-state index is 10.6. The highest BCUT2D eigenvalue weighted by atomic mass is 16.3. The molecule has 1 N–H and O–H groups in total. The largest absolute Gasteiger partial charge is 0.387 e. The van der Waals surface area contributed by atoms with E-state index in [2.05, 4.69) is 39.2 Å². The Kier molecular flexibility index (Phi) is 5.61. The van der Waals surface area contributed by atoms with Crippen molar-refractivity contribution in [1.29, 1.82) is 0 Å². The number of aliphatic hydroxyl groups is 1. The molecule has 0 unspecified atom stereocenters. The summed E-state index contributed by atoms with van der Waals surface area (Å²) in [5.41, 5.74) is 3.40. The SMILES string of the molecule is O[C@H](c1ccccn1)C1CCN(Cc2cccc(Cn3cccn3)c2)CC1. The van der Waals surface area contributed by atoms with Crippen LogP contribution in [0.25, 0.3) is 0 Å². The third-order valence-electron chi connectivity index (χ3n) is 5.37. The molecule has 3 heterocycles. The standard InChI is InChI=1S/C22H26N4O/c27-22(21-7-1-2-10-23-21)20-8-13-25(14-9-20)16-18-5-3-6-19(15-18)17-26-12-4-11-24-26/h1-7,10-12,15,20,22,27H,8-9,13-14,16-17H2/t22-/m0/s1. The first-order valence-electron chi connectivity index (χ1n) is 9.64. The van der Waals surface area contributed by atoms with Gasteiger partial charge in [0.15, 0.2) is 0 Å². The number of aliphatic hydroxyl groups excluding tert-OH is 1. The summed E-state index contributed by atoms with van der Waals surface area (Å²) in [6, 6.07) is 16.5. The summed E-state index contributed by atoms with van der Waals surface area (Å²) in [5, 5.41) is 14.9. The van der Waals surface area contributed by atoms with E-state index in [0.717, 1.165) is 44.7 Å². The fraction of sp³-hybridized carbons (Fsp3) is 0.364. The van der Waals surface area contributed by atoms with E-state index in [-0.39, 0.29) is 0 Å². The lowest BCUT2D eigenvalue weighted by Gasteiger charge is -2.34. The summed E-state index contributed by atoms with van der Waals surface area (Å²) in [4.78, 5) is 6.79. The van der Waals surface area contributed by atoms with E-state index in [1.165, 1.54) is 11.1 Å². The van der Waals surface area contributed by atoms with Crippen LogP contribution >= 0.6 is 0 Å². The molecule has 0 amide bonds. The van der Waals surface area contributed by atoms with Crippen molar-refractivity contribution in [2.24, 2.45) is 5.92 Å². The van der Waals surface area contributed by atoms with Crippen LogP contribution in [-0.4, -0.2) is 37.9 Å². The summed E-state index contributed by atoms with van der Waals surface area (Å²) in [5.74, 6) is 0.294. The average molecular weight is 362 g/mol. The molecular formula is C22H26N4O. The molecule has 1 aliphatic heterocycles. The summed E-state index contributed by atoms with van der Waals surface area (Å²) >= 11 is 0. The Balaban J connectivity index is 1.31. The van der Waals surface area contributed by atoms with Crippen molar-refractivity contribution >= 4 is 0 Å². The van der Waals surface area contributed by atoms with Gasteiger partial charge in [-0.2, -0.15) is 5.10 Å². The molecule has 5 heteroatoms. The van der Waals surface area contributed by atoms with Crippen molar-refractivity contribution < 1.29 is 5.11 Å². The number of nitrogens with zero attached hydrogens (tertiary/aromatic N) is 4. The number of likely N-dealkylation sites (tertiary alicyclic amines) is 1. The van der Waals surface area contributed by atoms with Crippen LogP contribution in [0.4, 0.5) is 0 Å². The number of piperidine rings is 1. The first-order valence-corrected chi connectivity index (χ1v) is 9.64. The number of aromatic nitrogens is 3. The van der Waals surface area contributed by atoms with Gasteiger partial charge in [-0.1, -0.05) is 30.3 Å². The van der Waals surface area contributed by atoms with Gasteiger partial charge in [-0.3, -0.25) is 14.6 Å². The lowest BCUT2D eigenvalue weighted by molar-refractivity contribution is 0.0540. The van der Waals surface area contributed by atoms with Gasteiger partial charge >= 0.3 is 0 Å². The van der Waals surface area contributed by atoms with Crippen LogP contribution in [0, 0.1) is 5.92 Å². The number of hydrogen-bond acceptors (Lipinski definition) is 4.